The zero-order chi connectivity index (χ0) is 17.2. The van der Waals surface area contributed by atoms with Crippen molar-refractivity contribution in [3.8, 4) is 11.4 Å². The van der Waals surface area contributed by atoms with E-state index in [1.807, 2.05) is 6.07 Å². The summed E-state index contributed by atoms with van der Waals surface area (Å²) < 4.78 is 42.6. The van der Waals surface area contributed by atoms with Gasteiger partial charge in [0.05, 0.1) is 5.56 Å². The summed E-state index contributed by atoms with van der Waals surface area (Å²) >= 11 is 0. The van der Waals surface area contributed by atoms with Crippen LogP contribution in [0.15, 0.2) is 59.1 Å². The molecule has 0 amide bonds. The fourth-order valence-electron chi connectivity index (χ4n) is 2.04. The highest BCUT2D eigenvalue weighted by atomic mass is 19.4. The zero-order valence-electron chi connectivity index (χ0n) is 12.2. The maximum Gasteiger partial charge on any atom is 0.416 e. The van der Waals surface area contributed by atoms with Crippen LogP contribution in [0.1, 0.15) is 17.4 Å². The number of nitrogens with zero attached hydrogens (tertiary/aromatic N) is 2. The van der Waals surface area contributed by atoms with Gasteiger partial charge in [0.25, 0.3) is 0 Å². The average molecular weight is 335 g/mol. The third-order valence-corrected chi connectivity index (χ3v) is 3.27. The molecular weight excluding hydrogens is 323 g/mol. The van der Waals surface area contributed by atoms with Crippen LogP contribution < -0.4 is 5.32 Å². The quantitative estimate of drug-likeness (QED) is 0.709. The average Bonchev–Trinajstić information content (AvgIpc) is 3.03. The smallest absolute Gasteiger partial charge is 0.369 e. The first-order valence-corrected chi connectivity index (χ1v) is 6.94. The van der Waals surface area contributed by atoms with Gasteiger partial charge in [0.1, 0.15) is 0 Å². The van der Waals surface area contributed by atoms with Gasteiger partial charge in [0.15, 0.2) is 6.23 Å². The number of anilines is 1. The van der Waals surface area contributed by atoms with Crippen molar-refractivity contribution >= 4 is 6.01 Å². The molecule has 0 saturated carbocycles. The van der Waals surface area contributed by atoms with Crippen LogP contribution in [0.25, 0.3) is 11.4 Å². The Labute approximate surface area is 134 Å². The molecule has 8 heteroatoms. The molecule has 0 bridgehead atoms. The van der Waals surface area contributed by atoms with Crippen molar-refractivity contribution in [2.24, 2.45) is 0 Å². The van der Waals surface area contributed by atoms with E-state index in [0.29, 0.717) is 11.1 Å². The molecule has 5 nitrogen and oxygen atoms in total. The zero-order valence-corrected chi connectivity index (χ0v) is 12.2. The second kappa shape index (κ2) is 6.32. The SMILES string of the molecule is OC(Nc1nc(-c2ccc(C(F)(F)F)cc2)no1)c1ccccc1. The van der Waals surface area contributed by atoms with Crippen LogP contribution in [0.2, 0.25) is 0 Å². The number of aliphatic hydroxyl groups excluding tert-OH is 1. The standard InChI is InChI=1S/C16H12F3N3O2/c17-16(18,19)12-8-6-10(7-9-12)13-20-15(24-22-13)21-14(23)11-4-2-1-3-5-11/h1-9,14,23H,(H,20,21,22). The molecule has 1 unspecified atom stereocenters. The third kappa shape index (κ3) is 3.54. The predicted molar refractivity (Wildman–Crippen MR) is 79.8 cm³/mol. The van der Waals surface area contributed by atoms with Gasteiger partial charge < -0.3 is 14.9 Å². The Hall–Kier alpha value is -2.87. The van der Waals surface area contributed by atoms with Gasteiger partial charge in [-0.1, -0.05) is 47.6 Å². The van der Waals surface area contributed by atoms with Gasteiger partial charge in [0, 0.05) is 11.1 Å². The molecule has 1 heterocycles. The summed E-state index contributed by atoms with van der Waals surface area (Å²) in [7, 11) is 0. The second-order valence-electron chi connectivity index (χ2n) is 4.96. The van der Waals surface area contributed by atoms with Crippen LogP contribution in [-0.4, -0.2) is 15.2 Å². The molecule has 3 aromatic rings. The second-order valence-corrected chi connectivity index (χ2v) is 4.96. The molecule has 1 atom stereocenters. The summed E-state index contributed by atoms with van der Waals surface area (Å²) in [5.41, 5.74) is 0.216. The van der Waals surface area contributed by atoms with E-state index in [-0.39, 0.29) is 11.8 Å². The van der Waals surface area contributed by atoms with Crippen LogP contribution in [-0.2, 0) is 6.18 Å². The molecule has 0 spiro atoms. The predicted octanol–water partition coefficient (Wildman–Crippen LogP) is 3.86. The monoisotopic (exact) mass is 335 g/mol. The van der Waals surface area contributed by atoms with E-state index < -0.39 is 18.0 Å². The Morgan fingerprint density at radius 2 is 1.67 bits per heavy atom. The number of aliphatic hydroxyl groups is 1. The Morgan fingerprint density at radius 3 is 2.29 bits per heavy atom. The number of alkyl halides is 3. The summed E-state index contributed by atoms with van der Waals surface area (Å²) in [6.07, 6.45) is -5.45. The molecule has 3 rings (SSSR count). The minimum absolute atomic E-state index is 0.0405. The maximum absolute atomic E-state index is 12.5. The number of benzene rings is 2. The van der Waals surface area contributed by atoms with Crippen molar-refractivity contribution < 1.29 is 22.8 Å². The van der Waals surface area contributed by atoms with Gasteiger partial charge in [-0.2, -0.15) is 18.2 Å². The van der Waals surface area contributed by atoms with E-state index in [1.165, 1.54) is 12.1 Å². The van der Waals surface area contributed by atoms with Crippen molar-refractivity contribution in [2.75, 3.05) is 5.32 Å². The first-order valence-electron chi connectivity index (χ1n) is 6.94. The lowest BCUT2D eigenvalue weighted by Crippen LogP contribution is -2.09. The molecule has 0 fully saturated rings. The van der Waals surface area contributed by atoms with Crippen LogP contribution in [0.4, 0.5) is 19.2 Å². The molecule has 0 radical (unpaired) electrons. The molecule has 0 aliphatic carbocycles. The van der Waals surface area contributed by atoms with Crippen LogP contribution in [0, 0.1) is 0 Å². The molecule has 0 aliphatic rings. The highest BCUT2D eigenvalue weighted by Gasteiger charge is 2.30. The normalized spacial score (nSPS) is 12.8. The van der Waals surface area contributed by atoms with Gasteiger partial charge in [0.2, 0.25) is 5.82 Å². The summed E-state index contributed by atoms with van der Waals surface area (Å²) in [6, 6.07) is 13.1. The lowest BCUT2D eigenvalue weighted by atomic mass is 10.1. The summed E-state index contributed by atoms with van der Waals surface area (Å²) in [5.74, 6) is 0.117. The lowest BCUT2D eigenvalue weighted by Gasteiger charge is -2.10. The number of rotatable bonds is 4. The largest absolute Gasteiger partial charge is 0.416 e. The van der Waals surface area contributed by atoms with E-state index in [2.05, 4.69) is 15.5 Å². The molecule has 24 heavy (non-hydrogen) atoms. The highest BCUT2D eigenvalue weighted by Crippen LogP contribution is 2.30. The van der Waals surface area contributed by atoms with E-state index in [1.54, 1.807) is 24.3 Å². The van der Waals surface area contributed by atoms with Crippen LogP contribution in [0.5, 0.6) is 0 Å². The lowest BCUT2D eigenvalue weighted by molar-refractivity contribution is -0.137. The van der Waals surface area contributed by atoms with Crippen LogP contribution in [0.3, 0.4) is 0 Å². The third-order valence-electron chi connectivity index (χ3n) is 3.27. The molecule has 2 N–H and O–H groups in total. The summed E-state index contributed by atoms with van der Waals surface area (Å²) in [4.78, 5) is 4.01. The van der Waals surface area contributed by atoms with E-state index >= 15 is 0 Å². The minimum Gasteiger partial charge on any atom is -0.369 e. The summed E-state index contributed by atoms with van der Waals surface area (Å²) in [6.45, 7) is 0. The van der Waals surface area contributed by atoms with Crippen molar-refractivity contribution in [3.63, 3.8) is 0 Å². The first kappa shape index (κ1) is 16.0. The Morgan fingerprint density at radius 1 is 1.00 bits per heavy atom. The highest BCUT2D eigenvalue weighted by molar-refractivity contribution is 5.56. The van der Waals surface area contributed by atoms with Gasteiger partial charge in [-0.05, 0) is 12.1 Å². The Bertz CT molecular complexity index is 801. The molecule has 1 aromatic heterocycles. The molecule has 0 aliphatic heterocycles. The van der Waals surface area contributed by atoms with Crippen LogP contribution >= 0.6 is 0 Å². The van der Waals surface area contributed by atoms with Crippen molar-refractivity contribution in [1.29, 1.82) is 0 Å². The maximum atomic E-state index is 12.5. The van der Waals surface area contributed by atoms with Gasteiger partial charge in [-0.15, -0.1) is 0 Å². The Kier molecular flexibility index (Phi) is 4.22. The van der Waals surface area contributed by atoms with E-state index in [0.717, 1.165) is 12.1 Å². The number of halogens is 3. The fraction of sp³-hybridized carbons (Fsp3) is 0.125. The van der Waals surface area contributed by atoms with Crippen molar-refractivity contribution in [2.45, 2.75) is 12.4 Å². The van der Waals surface area contributed by atoms with Gasteiger partial charge >= 0.3 is 12.2 Å². The number of hydrogen-bond donors (Lipinski definition) is 2. The number of aromatic nitrogens is 2. The topological polar surface area (TPSA) is 71.2 Å². The Balaban J connectivity index is 1.74. The molecule has 0 saturated heterocycles. The fourth-order valence-corrected chi connectivity index (χ4v) is 2.04. The minimum atomic E-state index is -4.40. The summed E-state index contributed by atoms with van der Waals surface area (Å²) in [5, 5.41) is 16.3. The van der Waals surface area contributed by atoms with Gasteiger partial charge in [-0.25, -0.2) is 0 Å². The number of hydrogen-bond acceptors (Lipinski definition) is 5. The molecular formula is C16H12F3N3O2. The van der Waals surface area contributed by atoms with Crippen molar-refractivity contribution in [1.82, 2.24) is 10.1 Å². The van der Waals surface area contributed by atoms with E-state index in [9.17, 15) is 18.3 Å². The molecule has 124 valence electrons. The molecule has 2 aromatic carbocycles. The van der Waals surface area contributed by atoms with E-state index in [4.69, 9.17) is 4.52 Å². The van der Waals surface area contributed by atoms with Gasteiger partial charge in [-0.3, -0.25) is 0 Å². The van der Waals surface area contributed by atoms with Crippen molar-refractivity contribution in [3.05, 3.63) is 65.7 Å². The first-order chi connectivity index (χ1) is 11.4. The number of nitrogens with one attached hydrogen (secondary N) is 1.